The van der Waals surface area contributed by atoms with Gasteiger partial charge in [0.15, 0.2) is 0 Å². The van der Waals surface area contributed by atoms with Crippen LogP contribution in [0.3, 0.4) is 0 Å². The van der Waals surface area contributed by atoms with Crippen LogP contribution in [0.15, 0.2) is 36.5 Å². The van der Waals surface area contributed by atoms with Crippen LogP contribution in [0.1, 0.15) is 11.8 Å². The van der Waals surface area contributed by atoms with Crippen LogP contribution >= 0.6 is 0 Å². The minimum absolute atomic E-state index is 0.216. The van der Waals surface area contributed by atoms with Gasteiger partial charge in [-0.3, -0.25) is 9.19 Å². The van der Waals surface area contributed by atoms with Crippen molar-refractivity contribution in [2.24, 2.45) is 0 Å². The third-order valence-electron chi connectivity index (χ3n) is 2.68. The third kappa shape index (κ3) is 2.70. The topological polar surface area (TPSA) is 39.2 Å². The highest BCUT2D eigenvalue weighted by molar-refractivity contribution is 7.84. The molecule has 0 aliphatic carbocycles. The summed E-state index contributed by atoms with van der Waals surface area (Å²) in [7, 11) is 0.722. The minimum Gasteiger partial charge on any atom is -0.374 e. The van der Waals surface area contributed by atoms with Gasteiger partial charge < -0.3 is 4.74 Å². The molecule has 0 unspecified atom stereocenters. The number of benzene rings is 1. The average Bonchev–Trinajstić information content (AvgIpc) is 2.35. The average molecular weight is 249 g/mol. The number of pyridine rings is 1. The number of ether oxygens (including phenoxy) is 1. The summed E-state index contributed by atoms with van der Waals surface area (Å²) in [6.45, 7) is 0. The number of rotatable bonds is 4. The molecule has 2 atom stereocenters. The number of hydrogen-bond donors (Lipinski definition) is 0. The second-order valence-corrected chi connectivity index (χ2v) is 5.36. The van der Waals surface area contributed by atoms with Crippen LogP contribution < -0.4 is 0 Å². The van der Waals surface area contributed by atoms with Gasteiger partial charge in [0.1, 0.15) is 6.10 Å². The molecule has 0 bridgehead atoms. The maximum absolute atomic E-state index is 11.3. The Kier molecular flexibility index (Phi) is 3.86. The Labute approximate surface area is 103 Å². The van der Waals surface area contributed by atoms with Crippen molar-refractivity contribution in [3.63, 3.8) is 0 Å². The number of methoxy groups -OCH3 is 1. The van der Waals surface area contributed by atoms with Gasteiger partial charge >= 0.3 is 0 Å². The van der Waals surface area contributed by atoms with Gasteiger partial charge in [0.2, 0.25) is 0 Å². The van der Waals surface area contributed by atoms with Crippen LogP contribution in [0.2, 0.25) is 0 Å². The molecule has 0 aliphatic heterocycles. The summed E-state index contributed by atoms with van der Waals surface area (Å²) in [6, 6.07) is 9.99. The monoisotopic (exact) mass is 249 g/mol. The lowest BCUT2D eigenvalue weighted by Gasteiger charge is -2.15. The summed E-state index contributed by atoms with van der Waals surface area (Å²) in [5, 5.41) is 2.19. The van der Waals surface area contributed by atoms with Crippen molar-refractivity contribution in [1.29, 1.82) is 0 Å². The van der Waals surface area contributed by atoms with E-state index in [1.54, 1.807) is 19.6 Å². The molecule has 17 heavy (non-hydrogen) atoms. The molecule has 1 aromatic heterocycles. The molecular formula is C13H15NO2S. The van der Waals surface area contributed by atoms with Crippen molar-refractivity contribution in [1.82, 2.24) is 4.98 Å². The lowest BCUT2D eigenvalue weighted by atomic mass is 10.1. The first-order valence-corrected chi connectivity index (χ1v) is 7.11. The van der Waals surface area contributed by atoms with E-state index in [0.29, 0.717) is 5.75 Å². The second kappa shape index (κ2) is 5.38. The Morgan fingerprint density at radius 3 is 2.82 bits per heavy atom. The first-order valence-electron chi connectivity index (χ1n) is 5.39. The molecule has 1 aromatic carbocycles. The fourth-order valence-electron chi connectivity index (χ4n) is 1.87. The van der Waals surface area contributed by atoms with E-state index < -0.39 is 10.8 Å². The molecule has 0 spiro atoms. The molecule has 0 saturated heterocycles. The number of fused-ring (bicyclic) bond motifs is 1. The normalized spacial score (nSPS) is 14.7. The maximum Gasteiger partial charge on any atom is 0.111 e. The Balaban J connectivity index is 2.49. The molecule has 3 nitrogen and oxygen atoms in total. The maximum atomic E-state index is 11.3. The molecule has 0 N–H and O–H groups in total. The minimum atomic E-state index is -0.904. The van der Waals surface area contributed by atoms with Gasteiger partial charge in [0.25, 0.3) is 0 Å². The van der Waals surface area contributed by atoms with E-state index in [0.717, 1.165) is 16.5 Å². The molecule has 2 rings (SSSR count). The number of nitrogens with zero attached hydrogens (tertiary/aromatic N) is 1. The SMILES string of the molecule is CO[C@@H](C[S@](C)=O)c1nccc2ccccc12. The Morgan fingerprint density at radius 2 is 2.12 bits per heavy atom. The van der Waals surface area contributed by atoms with E-state index in [4.69, 9.17) is 4.74 Å². The molecular weight excluding hydrogens is 234 g/mol. The van der Waals surface area contributed by atoms with Crippen LogP contribution in [0.25, 0.3) is 10.8 Å². The molecule has 0 radical (unpaired) electrons. The summed E-state index contributed by atoms with van der Waals surface area (Å²) >= 11 is 0. The summed E-state index contributed by atoms with van der Waals surface area (Å²) < 4.78 is 16.7. The lowest BCUT2D eigenvalue weighted by molar-refractivity contribution is 0.120. The highest BCUT2D eigenvalue weighted by Crippen LogP contribution is 2.24. The van der Waals surface area contributed by atoms with Crippen LogP contribution in [-0.4, -0.2) is 28.3 Å². The molecule has 0 fully saturated rings. The van der Waals surface area contributed by atoms with E-state index >= 15 is 0 Å². The van der Waals surface area contributed by atoms with Gasteiger partial charge in [-0.05, 0) is 11.5 Å². The van der Waals surface area contributed by atoms with Crippen molar-refractivity contribution in [3.05, 3.63) is 42.2 Å². The van der Waals surface area contributed by atoms with Crippen molar-refractivity contribution >= 4 is 21.6 Å². The Hall–Kier alpha value is -1.26. The summed E-state index contributed by atoms with van der Waals surface area (Å²) in [5.74, 6) is 0.470. The molecule has 4 heteroatoms. The van der Waals surface area contributed by atoms with Crippen molar-refractivity contribution in [2.75, 3.05) is 19.1 Å². The zero-order valence-corrected chi connectivity index (χ0v) is 10.7. The predicted octanol–water partition coefficient (Wildman–Crippen LogP) is 2.30. The van der Waals surface area contributed by atoms with E-state index in [9.17, 15) is 4.21 Å². The first-order chi connectivity index (χ1) is 8.22. The van der Waals surface area contributed by atoms with Gasteiger partial charge in [-0.15, -0.1) is 0 Å². The zero-order valence-electron chi connectivity index (χ0n) is 9.92. The van der Waals surface area contributed by atoms with Gasteiger partial charge in [-0.1, -0.05) is 24.3 Å². The van der Waals surface area contributed by atoms with Crippen LogP contribution in [0.5, 0.6) is 0 Å². The number of hydrogen-bond acceptors (Lipinski definition) is 3. The Morgan fingerprint density at radius 1 is 1.35 bits per heavy atom. The second-order valence-electron chi connectivity index (χ2n) is 3.88. The van der Waals surface area contributed by atoms with Gasteiger partial charge in [-0.2, -0.15) is 0 Å². The van der Waals surface area contributed by atoms with E-state index in [1.165, 1.54) is 0 Å². The van der Waals surface area contributed by atoms with Crippen molar-refractivity contribution in [3.8, 4) is 0 Å². The molecule has 0 saturated carbocycles. The van der Waals surface area contributed by atoms with E-state index in [-0.39, 0.29) is 6.10 Å². The van der Waals surface area contributed by atoms with E-state index in [1.807, 2.05) is 30.3 Å². The largest absolute Gasteiger partial charge is 0.374 e. The quantitative estimate of drug-likeness (QED) is 0.834. The molecule has 1 heterocycles. The van der Waals surface area contributed by atoms with Gasteiger partial charge in [0, 0.05) is 35.7 Å². The standard InChI is InChI=1S/C13H15NO2S/c1-16-12(9-17(2)15)13-11-6-4-3-5-10(11)7-8-14-13/h3-8,12H,9H2,1-2H3/t12-,17-/m0/s1. The van der Waals surface area contributed by atoms with Gasteiger partial charge in [-0.25, -0.2) is 0 Å². The summed E-state index contributed by atoms with van der Waals surface area (Å²) in [6.07, 6.45) is 3.23. The van der Waals surface area contributed by atoms with Crippen molar-refractivity contribution in [2.45, 2.75) is 6.10 Å². The molecule has 0 amide bonds. The smallest absolute Gasteiger partial charge is 0.111 e. The van der Waals surface area contributed by atoms with E-state index in [2.05, 4.69) is 4.98 Å². The van der Waals surface area contributed by atoms with Crippen LogP contribution in [0, 0.1) is 0 Å². The lowest BCUT2D eigenvalue weighted by Crippen LogP contribution is -2.12. The fraction of sp³-hybridized carbons (Fsp3) is 0.308. The summed E-state index contributed by atoms with van der Waals surface area (Å²) in [5.41, 5.74) is 0.862. The van der Waals surface area contributed by atoms with Crippen LogP contribution in [-0.2, 0) is 15.5 Å². The molecule has 90 valence electrons. The van der Waals surface area contributed by atoms with Crippen LogP contribution in [0.4, 0.5) is 0 Å². The molecule has 2 aromatic rings. The first kappa shape index (κ1) is 12.2. The fourth-order valence-corrected chi connectivity index (χ4v) is 2.59. The number of aromatic nitrogens is 1. The zero-order chi connectivity index (χ0) is 12.3. The highest BCUT2D eigenvalue weighted by Gasteiger charge is 2.16. The summed E-state index contributed by atoms with van der Waals surface area (Å²) in [4.78, 5) is 4.37. The highest BCUT2D eigenvalue weighted by atomic mass is 32.2. The predicted molar refractivity (Wildman–Crippen MR) is 70.4 cm³/mol. The van der Waals surface area contributed by atoms with Gasteiger partial charge in [0.05, 0.1) is 11.4 Å². The third-order valence-corrected chi connectivity index (χ3v) is 3.45. The Bertz CT molecular complexity index is 536. The van der Waals surface area contributed by atoms with Crippen molar-refractivity contribution < 1.29 is 8.95 Å². The molecule has 0 aliphatic rings.